The first-order valence-corrected chi connectivity index (χ1v) is 11.3. The maximum Gasteiger partial charge on any atom is 0.435 e. The minimum Gasteiger partial charge on any atom is -0.374 e. The van der Waals surface area contributed by atoms with Crippen LogP contribution < -0.4 is 5.32 Å². The van der Waals surface area contributed by atoms with Crippen LogP contribution in [0.2, 0.25) is 5.02 Å². The van der Waals surface area contributed by atoms with E-state index in [1.54, 1.807) is 18.2 Å². The van der Waals surface area contributed by atoms with Crippen molar-refractivity contribution in [3.05, 3.63) is 98.8 Å². The first-order chi connectivity index (χ1) is 18.2. The Labute approximate surface area is 221 Å². The number of oxime groups is 1. The Morgan fingerprint density at radius 3 is 2.44 bits per heavy atom. The average molecular weight is 570 g/mol. The van der Waals surface area contributed by atoms with Crippen LogP contribution in [0.5, 0.6) is 0 Å². The van der Waals surface area contributed by atoms with E-state index in [4.69, 9.17) is 16.9 Å². The number of hydrogen-bond donors (Lipinski definition) is 1. The van der Waals surface area contributed by atoms with Crippen LogP contribution in [0, 0.1) is 24.1 Å². The fourth-order valence-electron chi connectivity index (χ4n) is 4.05. The predicted molar refractivity (Wildman–Crippen MR) is 127 cm³/mol. The van der Waals surface area contributed by atoms with Gasteiger partial charge in [-0.2, -0.15) is 31.6 Å². The number of anilines is 1. The minimum absolute atomic E-state index is 0.00710. The molecule has 0 aromatic heterocycles. The third-order valence-electron chi connectivity index (χ3n) is 6.03. The highest BCUT2D eigenvalue weighted by molar-refractivity contribution is 6.30. The molecule has 1 aliphatic heterocycles. The van der Waals surface area contributed by atoms with Crippen LogP contribution in [0.25, 0.3) is 0 Å². The maximum absolute atomic E-state index is 14.8. The summed E-state index contributed by atoms with van der Waals surface area (Å²) in [6.07, 6.45) is -11.7. The molecule has 1 N–H and O–H groups in total. The normalized spacial score (nSPS) is 17.3. The van der Waals surface area contributed by atoms with E-state index in [1.807, 2.05) is 6.07 Å². The lowest BCUT2D eigenvalue weighted by Gasteiger charge is -2.30. The van der Waals surface area contributed by atoms with Gasteiger partial charge in [0.2, 0.25) is 0 Å². The Kier molecular flexibility index (Phi) is 7.08. The van der Waals surface area contributed by atoms with Crippen molar-refractivity contribution in [2.45, 2.75) is 31.3 Å². The molecule has 4 rings (SSSR count). The van der Waals surface area contributed by atoms with E-state index in [2.05, 4.69) is 15.3 Å². The van der Waals surface area contributed by atoms with Gasteiger partial charge in [0.05, 0.1) is 34.4 Å². The molecular formula is C26H15ClF7N3O2. The second kappa shape index (κ2) is 9.89. The van der Waals surface area contributed by atoms with E-state index < -0.39 is 52.2 Å². The number of aryl methyl sites for hydroxylation is 1. The van der Waals surface area contributed by atoms with Crippen molar-refractivity contribution in [1.29, 1.82) is 5.26 Å². The van der Waals surface area contributed by atoms with Crippen LogP contribution >= 0.6 is 11.6 Å². The number of rotatable bonds is 4. The zero-order chi connectivity index (χ0) is 28.8. The molecule has 0 fully saturated rings. The SMILES string of the molecule is Cc1cc(C2=NO[C@@](c3cc(C(F)(F)F)cc(Cl)c3F)(C(F)(F)F)C2)ccc1C(=O)Nc1cccc(C#N)c1. The summed E-state index contributed by atoms with van der Waals surface area (Å²) < 4.78 is 97.4. The molecule has 0 saturated heterocycles. The quantitative estimate of drug-likeness (QED) is 0.330. The van der Waals surface area contributed by atoms with E-state index >= 15 is 0 Å². The van der Waals surface area contributed by atoms with Gasteiger partial charge >= 0.3 is 12.4 Å². The van der Waals surface area contributed by atoms with E-state index in [0.29, 0.717) is 16.8 Å². The second-order valence-corrected chi connectivity index (χ2v) is 9.03. The van der Waals surface area contributed by atoms with Crippen molar-refractivity contribution in [2.75, 3.05) is 5.32 Å². The lowest BCUT2D eigenvalue weighted by atomic mass is 9.85. The highest BCUT2D eigenvalue weighted by atomic mass is 35.5. The fraction of sp³-hybridized carbons (Fsp3) is 0.192. The van der Waals surface area contributed by atoms with Crippen LogP contribution in [0.4, 0.5) is 36.4 Å². The molecule has 202 valence electrons. The number of nitrogens with one attached hydrogen (secondary N) is 1. The summed E-state index contributed by atoms with van der Waals surface area (Å²) in [6, 6.07) is 12.2. The average Bonchev–Trinajstić information content (AvgIpc) is 3.32. The van der Waals surface area contributed by atoms with Crippen LogP contribution in [-0.2, 0) is 16.6 Å². The first-order valence-electron chi connectivity index (χ1n) is 11.0. The topological polar surface area (TPSA) is 74.5 Å². The largest absolute Gasteiger partial charge is 0.435 e. The molecule has 1 amide bonds. The summed E-state index contributed by atoms with van der Waals surface area (Å²) >= 11 is 5.52. The van der Waals surface area contributed by atoms with E-state index in [-0.39, 0.29) is 29.0 Å². The maximum atomic E-state index is 14.8. The van der Waals surface area contributed by atoms with Gasteiger partial charge in [-0.1, -0.05) is 28.9 Å². The number of nitriles is 1. The van der Waals surface area contributed by atoms with Gasteiger partial charge in [-0.15, -0.1) is 0 Å². The molecule has 0 radical (unpaired) electrons. The van der Waals surface area contributed by atoms with Crippen LogP contribution in [0.3, 0.4) is 0 Å². The number of nitrogens with zero attached hydrogens (tertiary/aromatic N) is 2. The molecule has 3 aromatic carbocycles. The Balaban J connectivity index is 1.66. The van der Waals surface area contributed by atoms with Crippen molar-refractivity contribution in [1.82, 2.24) is 0 Å². The molecule has 0 spiro atoms. The number of benzene rings is 3. The number of halogens is 8. The predicted octanol–water partition coefficient (Wildman–Crippen LogP) is 7.51. The number of carbonyl (C=O) groups is 1. The van der Waals surface area contributed by atoms with Gasteiger partial charge in [0.25, 0.3) is 11.5 Å². The molecule has 13 heteroatoms. The fourth-order valence-corrected chi connectivity index (χ4v) is 4.27. The molecule has 5 nitrogen and oxygen atoms in total. The summed E-state index contributed by atoms with van der Waals surface area (Å²) in [7, 11) is 0. The molecule has 0 bridgehead atoms. The van der Waals surface area contributed by atoms with Gasteiger partial charge in [0.15, 0.2) is 0 Å². The van der Waals surface area contributed by atoms with Crippen molar-refractivity contribution < 1.29 is 40.4 Å². The van der Waals surface area contributed by atoms with Crippen LogP contribution in [0.15, 0.2) is 59.8 Å². The monoisotopic (exact) mass is 569 g/mol. The standard InChI is InChI=1S/C26H15ClF7N3O2/c1-13-7-15(5-6-18(13)23(38)36-17-4-2-3-14(8-17)12-35)21-11-24(39-37-21,26(32,33)34)19-9-16(25(29,30)31)10-20(27)22(19)28/h2-10H,11H2,1H3,(H,36,38)/t24-/m0/s1. The molecule has 1 heterocycles. The van der Waals surface area contributed by atoms with Gasteiger partial charge < -0.3 is 10.2 Å². The van der Waals surface area contributed by atoms with Crippen LogP contribution in [0.1, 0.15) is 44.6 Å². The van der Waals surface area contributed by atoms with Gasteiger partial charge in [0.1, 0.15) is 5.82 Å². The molecule has 1 aliphatic rings. The van der Waals surface area contributed by atoms with Crippen molar-refractivity contribution in [2.24, 2.45) is 5.16 Å². The molecule has 3 aromatic rings. The first kappa shape index (κ1) is 27.9. The molecule has 0 aliphatic carbocycles. The van der Waals surface area contributed by atoms with Crippen LogP contribution in [-0.4, -0.2) is 17.8 Å². The van der Waals surface area contributed by atoms with Gasteiger partial charge in [0, 0.05) is 16.8 Å². The van der Waals surface area contributed by atoms with Gasteiger partial charge in [-0.05, 0) is 60.5 Å². The Bertz CT molecular complexity index is 1540. The highest BCUT2D eigenvalue weighted by Gasteiger charge is 2.64. The van der Waals surface area contributed by atoms with Crippen molar-refractivity contribution in [3.8, 4) is 6.07 Å². The summed E-state index contributed by atoms with van der Waals surface area (Å²) in [5.74, 6) is -2.29. The lowest BCUT2D eigenvalue weighted by Crippen LogP contribution is -2.43. The molecule has 0 saturated carbocycles. The number of amides is 1. The minimum atomic E-state index is -5.39. The molecule has 0 unspecified atom stereocenters. The zero-order valence-electron chi connectivity index (χ0n) is 19.6. The van der Waals surface area contributed by atoms with E-state index in [9.17, 15) is 35.5 Å². The second-order valence-electron chi connectivity index (χ2n) is 8.62. The van der Waals surface area contributed by atoms with Crippen molar-refractivity contribution in [3.63, 3.8) is 0 Å². The third kappa shape index (κ3) is 5.27. The summed E-state index contributed by atoms with van der Waals surface area (Å²) in [4.78, 5) is 17.4. The van der Waals surface area contributed by atoms with Gasteiger partial charge in [-0.25, -0.2) is 4.39 Å². The number of hydrogen-bond acceptors (Lipinski definition) is 4. The van der Waals surface area contributed by atoms with Gasteiger partial charge in [-0.3, -0.25) is 4.79 Å². The summed E-state index contributed by atoms with van der Waals surface area (Å²) in [5, 5.41) is 13.9. The Morgan fingerprint density at radius 2 is 1.82 bits per heavy atom. The highest BCUT2D eigenvalue weighted by Crippen LogP contribution is 2.51. The van der Waals surface area contributed by atoms with E-state index in [0.717, 1.165) is 0 Å². The molecular weight excluding hydrogens is 555 g/mol. The Morgan fingerprint density at radius 1 is 1.10 bits per heavy atom. The Hall–Kier alpha value is -4.11. The lowest BCUT2D eigenvalue weighted by molar-refractivity contribution is -0.276. The van der Waals surface area contributed by atoms with E-state index in [1.165, 1.54) is 31.2 Å². The molecule has 39 heavy (non-hydrogen) atoms. The molecule has 1 atom stereocenters. The zero-order valence-corrected chi connectivity index (χ0v) is 20.4. The summed E-state index contributed by atoms with van der Waals surface area (Å²) in [5.41, 5.74) is -5.76. The smallest absolute Gasteiger partial charge is 0.374 e. The number of carbonyl (C=O) groups excluding carboxylic acids is 1. The summed E-state index contributed by atoms with van der Waals surface area (Å²) in [6.45, 7) is 1.50. The number of alkyl halides is 6. The third-order valence-corrected chi connectivity index (χ3v) is 6.31. The van der Waals surface area contributed by atoms with Crippen molar-refractivity contribution >= 4 is 28.9 Å².